The van der Waals surface area contributed by atoms with Gasteiger partial charge in [0.1, 0.15) is 15.4 Å². The molecule has 0 aliphatic rings. The number of benzene rings is 1. The first-order valence-corrected chi connectivity index (χ1v) is 9.45. The molecule has 2 aromatic rings. The minimum absolute atomic E-state index is 0.0121. The van der Waals surface area contributed by atoms with Crippen LogP contribution in [0.4, 0.5) is 13.2 Å². The van der Waals surface area contributed by atoms with E-state index in [9.17, 15) is 27.9 Å². The van der Waals surface area contributed by atoms with Crippen molar-refractivity contribution in [2.75, 3.05) is 0 Å². The van der Waals surface area contributed by atoms with E-state index in [1.54, 1.807) is 39.0 Å². The summed E-state index contributed by atoms with van der Waals surface area (Å²) in [5.74, 6) is -1.89. The molecule has 0 atom stereocenters. The Kier molecular flexibility index (Phi) is 6.54. The second-order valence-corrected chi connectivity index (χ2v) is 8.24. The van der Waals surface area contributed by atoms with Crippen molar-refractivity contribution in [2.45, 2.75) is 51.8 Å². The van der Waals surface area contributed by atoms with Gasteiger partial charge in [0.15, 0.2) is 0 Å². The van der Waals surface area contributed by atoms with Crippen LogP contribution in [0.2, 0.25) is 0 Å². The highest BCUT2D eigenvalue weighted by Gasteiger charge is 2.39. The van der Waals surface area contributed by atoms with Gasteiger partial charge in [0.05, 0.1) is 0 Å². The van der Waals surface area contributed by atoms with Gasteiger partial charge in [-0.15, -0.1) is 11.3 Å². The molecule has 0 saturated heterocycles. The fraction of sp³-hybridized carbons (Fsp3) is 0.400. The van der Waals surface area contributed by atoms with Crippen LogP contribution < -0.4 is 0 Å². The average Bonchev–Trinajstić information content (AvgIpc) is 2.94. The zero-order chi connectivity index (χ0) is 21.1. The Morgan fingerprint density at radius 3 is 2.21 bits per heavy atom. The van der Waals surface area contributed by atoms with E-state index in [1.807, 2.05) is 0 Å². The monoisotopic (exact) mass is 414 g/mol. The van der Waals surface area contributed by atoms with Gasteiger partial charge in [-0.05, 0) is 44.7 Å². The van der Waals surface area contributed by atoms with Gasteiger partial charge >= 0.3 is 18.1 Å². The number of alkyl halides is 3. The van der Waals surface area contributed by atoms with Crippen molar-refractivity contribution in [3.8, 4) is 11.1 Å². The molecule has 0 bridgehead atoms. The number of carbonyl (C=O) groups is 2. The molecule has 8 heteroatoms. The molecule has 2 rings (SSSR count). The Morgan fingerprint density at radius 1 is 1.11 bits per heavy atom. The maximum Gasteiger partial charge on any atom is 0.426 e. The van der Waals surface area contributed by atoms with Crippen molar-refractivity contribution in [1.29, 1.82) is 0 Å². The van der Waals surface area contributed by atoms with Crippen LogP contribution in [0.1, 0.15) is 53.7 Å². The van der Waals surface area contributed by atoms with Crippen LogP contribution in [-0.2, 0) is 22.1 Å². The minimum Gasteiger partial charge on any atom is -0.477 e. The van der Waals surface area contributed by atoms with Crippen molar-refractivity contribution in [3.05, 3.63) is 45.6 Å². The molecule has 1 aromatic carbocycles. The molecule has 1 aromatic heterocycles. The Balaban J connectivity index is 2.40. The van der Waals surface area contributed by atoms with Crippen molar-refractivity contribution in [3.63, 3.8) is 0 Å². The summed E-state index contributed by atoms with van der Waals surface area (Å²) in [7, 11) is 0. The summed E-state index contributed by atoms with van der Waals surface area (Å²) in [6.45, 7) is 5.15. The summed E-state index contributed by atoms with van der Waals surface area (Å²) in [5.41, 5.74) is -0.394. The lowest BCUT2D eigenvalue weighted by Gasteiger charge is -2.19. The van der Waals surface area contributed by atoms with Gasteiger partial charge < -0.3 is 9.84 Å². The number of carbonyl (C=O) groups excluding carboxylic acids is 1. The zero-order valence-corrected chi connectivity index (χ0v) is 16.5. The first-order valence-electron chi connectivity index (χ1n) is 8.63. The van der Waals surface area contributed by atoms with E-state index in [2.05, 4.69) is 0 Å². The smallest absolute Gasteiger partial charge is 0.426 e. The number of carboxylic acid groups (broad SMARTS) is 1. The number of hydrogen-bond donors (Lipinski definition) is 1. The number of rotatable bonds is 6. The van der Waals surface area contributed by atoms with E-state index >= 15 is 0 Å². The van der Waals surface area contributed by atoms with Crippen LogP contribution in [0.5, 0.6) is 0 Å². The molecule has 4 nitrogen and oxygen atoms in total. The fourth-order valence-corrected chi connectivity index (χ4v) is 3.87. The van der Waals surface area contributed by atoms with Crippen molar-refractivity contribution < 1.29 is 32.6 Å². The predicted octanol–water partition coefficient (Wildman–Crippen LogP) is 5.80. The molecule has 0 fully saturated rings. The van der Waals surface area contributed by atoms with Gasteiger partial charge in [-0.2, -0.15) is 13.2 Å². The first kappa shape index (κ1) is 21.9. The second-order valence-electron chi connectivity index (χ2n) is 7.22. The number of hydrogen-bond acceptors (Lipinski definition) is 4. The van der Waals surface area contributed by atoms with Crippen molar-refractivity contribution >= 4 is 23.3 Å². The SMILES string of the molecule is CC(C)(C)OC(=O)CCCc1c(C(=O)O)sc(C(F)(F)F)c1-c1ccccc1. The summed E-state index contributed by atoms with van der Waals surface area (Å²) in [5, 5.41) is 9.43. The summed E-state index contributed by atoms with van der Waals surface area (Å²) in [4.78, 5) is 22.2. The Morgan fingerprint density at radius 2 is 1.71 bits per heavy atom. The van der Waals surface area contributed by atoms with Crippen LogP contribution in [0.3, 0.4) is 0 Å². The molecular formula is C20H21F3O4S. The average molecular weight is 414 g/mol. The lowest BCUT2D eigenvalue weighted by atomic mass is 9.96. The zero-order valence-electron chi connectivity index (χ0n) is 15.7. The van der Waals surface area contributed by atoms with E-state index in [0.29, 0.717) is 5.56 Å². The quantitative estimate of drug-likeness (QED) is 0.607. The van der Waals surface area contributed by atoms with Crippen LogP contribution in [0.15, 0.2) is 30.3 Å². The molecule has 1 heterocycles. The topological polar surface area (TPSA) is 63.6 Å². The molecule has 0 saturated carbocycles. The standard InChI is InChI=1S/C20H21F3O4S/c1-19(2,3)27-14(24)11-7-10-13-15(12-8-5-4-6-9-12)17(20(21,22)23)28-16(13)18(25)26/h4-6,8-9H,7,10-11H2,1-3H3,(H,25,26). The third kappa shape index (κ3) is 5.58. The molecule has 0 amide bonds. The Labute approximate surface area is 165 Å². The number of esters is 1. The molecule has 28 heavy (non-hydrogen) atoms. The summed E-state index contributed by atoms with van der Waals surface area (Å²) >= 11 is 0.224. The fourth-order valence-electron chi connectivity index (χ4n) is 2.79. The number of carboxylic acids is 1. The van der Waals surface area contributed by atoms with Gasteiger partial charge in [0, 0.05) is 12.0 Å². The third-order valence-corrected chi connectivity index (χ3v) is 5.01. The highest BCUT2D eigenvalue weighted by molar-refractivity contribution is 7.14. The molecule has 0 unspecified atom stereocenters. The highest BCUT2D eigenvalue weighted by Crippen LogP contribution is 2.46. The van der Waals surface area contributed by atoms with E-state index < -0.39 is 28.6 Å². The maximum atomic E-state index is 13.6. The van der Waals surface area contributed by atoms with E-state index in [-0.39, 0.29) is 46.6 Å². The Hall–Kier alpha value is -2.35. The summed E-state index contributed by atoms with van der Waals surface area (Å²) in [6.07, 6.45) is -4.48. The molecular weight excluding hydrogens is 393 g/mol. The highest BCUT2D eigenvalue weighted by atomic mass is 32.1. The predicted molar refractivity (Wildman–Crippen MR) is 100 cm³/mol. The van der Waals surface area contributed by atoms with Crippen LogP contribution in [0, 0.1) is 0 Å². The van der Waals surface area contributed by atoms with E-state index in [0.717, 1.165) is 0 Å². The molecule has 0 spiro atoms. The summed E-state index contributed by atoms with van der Waals surface area (Å²) < 4.78 is 45.9. The van der Waals surface area contributed by atoms with Gasteiger partial charge in [-0.3, -0.25) is 4.79 Å². The molecule has 0 aliphatic carbocycles. The maximum absolute atomic E-state index is 13.6. The number of halogens is 3. The van der Waals surface area contributed by atoms with Crippen LogP contribution >= 0.6 is 11.3 Å². The van der Waals surface area contributed by atoms with E-state index in [1.165, 1.54) is 12.1 Å². The lowest BCUT2D eigenvalue weighted by Crippen LogP contribution is -2.23. The number of aromatic carboxylic acids is 1. The van der Waals surface area contributed by atoms with Gasteiger partial charge in [0.25, 0.3) is 0 Å². The molecule has 0 aliphatic heterocycles. The second kappa shape index (κ2) is 8.34. The largest absolute Gasteiger partial charge is 0.477 e. The molecule has 152 valence electrons. The molecule has 0 radical (unpaired) electrons. The number of thiophene rings is 1. The van der Waals surface area contributed by atoms with Gasteiger partial charge in [-0.1, -0.05) is 30.3 Å². The van der Waals surface area contributed by atoms with Crippen LogP contribution in [-0.4, -0.2) is 22.6 Å². The van der Waals surface area contributed by atoms with Crippen molar-refractivity contribution in [2.24, 2.45) is 0 Å². The Bertz CT molecular complexity index is 849. The molecule has 1 N–H and O–H groups in total. The van der Waals surface area contributed by atoms with Crippen molar-refractivity contribution in [1.82, 2.24) is 0 Å². The normalized spacial score (nSPS) is 12.1. The third-order valence-electron chi connectivity index (χ3n) is 3.75. The summed E-state index contributed by atoms with van der Waals surface area (Å²) in [6, 6.07) is 7.89. The van der Waals surface area contributed by atoms with Crippen LogP contribution in [0.25, 0.3) is 11.1 Å². The number of ether oxygens (including phenoxy) is 1. The lowest BCUT2D eigenvalue weighted by molar-refractivity contribution is -0.154. The van der Waals surface area contributed by atoms with Gasteiger partial charge in [-0.25, -0.2) is 4.79 Å². The minimum atomic E-state index is -4.68. The first-order chi connectivity index (χ1) is 12.9. The van der Waals surface area contributed by atoms with E-state index in [4.69, 9.17) is 4.74 Å². The van der Waals surface area contributed by atoms with Gasteiger partial charge in [0.2, 0.25) is 0 Å².